The van der Waals surface area contributed by atoms with Crippen molar-refractivity contribution >= 4 is 63.8 Å². The van der Waals surface area contributed by atoms with E-state index in [2.05, 4.69) is 84.9 Å². The SMILES string of the molecule is CNc1cc(Nc2cc(C)cc(C)c2)nc2c(C(=O)NC3CC3)cnn12.Cc1cc(C)cc(Nc2cc(N(C)C(=O)OC(C)(C)C)n3ncc(C(=O)NC4CC4)c3n2)c1.[I-]. The fraction of sp³-hybridized carbons (Fsp3) is 0.372. The Balaban J connectivity index is 0.000000203. The molecule has 3 amide bonds. The molecule has 17 heteroatoms. The maximum atomic E-state index is 12.8. The van der Waals surface area contributed by atoms with Gasteiger partial charge in [0.15, 0.2) is 11.3 Å². The fourth-order valence-corrected chi connectivity index (χ4v) is 6.57. The van der Waals surface area contributed by atoms with E-state index in [1.807, 2.05) is 59.9 Å². The molecule has 8 rings (SSSR count). The number of ether oxygens (including phenoxy) is 1. The number of rotatable bonds is 10. The molecule has 0 radical (unpaired) electrons. The van der Waals surface area contributed by atoms with E-state index in [-0.39, 0.29) is 47.9 Å². The van der Waals surface area contributed by atoms with E-state index < -0.39 is 11.7 Å². The Labute approximate surface area is 366 Å². The van der Waals surface area contributed by atoms with Crippen molar-refractivity contribution in [2.24, 2.45) is 0 Å². The molecule has 60 heavy (non-hydrogen) atoms. The van der Waals surface area contributed by atoms with Gasteiger partial charge >= 0.3 is 6.09 Å². The molecule has 0 unspecified atom stereocenters. The number of hydrogen-bond donors (Lipinski definition) is 5. The van der Waals surface area contributed by atoms with Crippen molar-refractivity contribution in [2.75, 3.05) is 34.9 Å². The summed E-state index contributed by atoms with van der Waals surface area (Å²) in [6, 6.07) is 16.4. The van der Waals surface area contributed by atoms with Gasteiger partial charge in [0.2, 0.25) is 0 Å². The minimum Gasteiger partial charge on any atom is -1.00 e. The lowest BCUT2D eigenvalue weighted by Gasteiger charge is -2.25. The number of aryl methyl sites for hydroxylation is 4. The highest BCUT2D eigenvalue weighted by molar-refractivity contribution is 6.01. The molecule has 2 aromatic carbocycles. The third kappa shape index (κ3) is 10.6. The molecule has 2 saturated carbocycles. The van der Waals surface area contributed by atoms with Gasteiger partial charge in [-0.2, -0.15) is 19.2 Å². The predicted molar refractivity (Wildman–Crippen MR) is 230 cm³/mol. The first-order valence-corrected chi connectivity index (χ1v) is 19.8. The van der Waals surface area contributed by atoms with Crippen molar-refractivity contribution in [1.29, 1.82) is 0 Å². The molecule has 0 atom stereocenters. The minimum absolute atomic E-state index is 0. The van der Waals surface area contributed by atoms with Gasteiger partial charge in [0.25, 0.3) is 11.8 Å². The molecule has 2 fully saturated rings. The zero-order valence-electron chi connectivity index (χ0n) is 35.4. The van der Waals surface area contributed by atoms with E-state index in [1.165, 1.54) is 26.7 Å². The van der Waals surface area contributed by atoms with Gasteiger partial charge in [-0.15, -0.1) is 0 Å². The molecule has 16 nitrogen and oxygen atoms in total. The van der Waals surface area contributed by atoms with Crippen molar-refractivity contribution < 1.29 is 43.1 Å². The number of benzene rings is 2. The van der Waals surface area contributed by atoms with Crippen LogP contribution in [0, 0.1) is 27.7 Å². The Hall–Kier alpha value is -5.98. The van der Waals surface area contributed by atoms with Gasteiger partial charge in [-0.05, 0) is 121 Å². The summed E-state index contributed by atoms with van der Waals surface area (Å²) in [5.41, 5.74) is 7.46. The summed E-state index contributed by atoms with van der Waals surface area (Å²) in [7, 11) is 3.43. The van der Waals surface area contributed by atoms with Gasteiger partial charge in [0.05, 0.1) is 12.4 Å². The Morgan fingerprint density at radius 1 is 0.683 bits per heavy atom. The normalized spacial score (nSPS) is 13.4. The van der Waals surface area contributed by atoms with Crippen molar-refractivity contribution in [3.63, 3.8) is 0 Å². The molecule has 5 N–H and O–H groups in total. The van der Waals surface area contributed by atoms with Gasteiger partial charge in [-0.1, -0.05) is 12.1 Å². The number of nitrogens with one attached hydrogen (secondary N) is 5. The van der Waals surface area contributed by atoms with E-state index in [0.717, 1.165) is 54.0 Å². The molecule has 2 aliphatic carbocycles. The lowest BCUT2D eigenvalue weighted by molar-refractivity contribution is -0.0000474. The van der Waals surface area contributed by atoms with Crippen LogP contribution in [0.15, 0.2) is 60.9 Å². The van der Waals surface area contributed by atoms with Crippen LogP contribution in [0.2, 0.25) is 0 Å². The van der Waals surface area contributed by atoms with Crippen LogP contribution < -0.4 is 55.5 Å². The van der Waals surface area contributed by atoms with E-state index in [4.69, 9.17) is 4.74 Å². The van der Waals surface area contributed by atoms with E-state index in [9.17, 15) is 14.4 Å². The summed E-state index contributed by atoms with van der Waals surface area (Å²) in [6.07, 6.45) is 6.55. The maximum Gasteiger partial charge on any atom is 0.415 e. The summed E-state index contributed by atoms with van der Waals surface area (Å²) in [6.45, 7) is 13.6. The second-order valence-electron chi connectivity index (χ2n) is 16.4. The zero-order valence-corrected chi connectivity index (χ0v) is 37.6. The molecule has 0 spiro atoms. The summed E-state index contributed by atoms with van der Waals surface area (Å²) < 4.78 is 8.67. The molecule has 2 aliphatic rings. The Bertz CT molecular complexity index is 2530. The second-order valence-corrected chi connectivity index (χ2v) is 16.4. The highest BCUT2D eigenvalue weighted by atomic mass is 127. The quantitative estimate of drug-likeness (QED) is 0.123. The molecule has 0 bridgehead atoms. The molecular formula is C43H52IN12O4-. The van der Waals surface area contributed by atoms with Crippen molar-refractivity contribution in [1.82, 2.24) is 39.8 Å². The standard InChI is InChI=1S/C24H30N6O3.C19H22N6O.HI/c1-14-9-15(2)11-17(10-14)26-19-12-20(29(6)23(32)33-24(3,4)5)30-21(28-19)18(13-25-30)22(31)27-16-7-8-16;1-11-6-12(2)8-14(7-11)22-16-9-17(20-3)25-18(24-16)15(10-21-25)19(26)23-13-4-5-13;/h9-13,16H,7-8H2,1-6H3,(H,26,28)(H,27,31);6-10,13,20H,4-5H2,1-3H3,(H,22,24)(H,23,26);1H/p-1. The van der Waals surface area contributed by atoms with Crippen molar-refractivity contribution in [3.05, 3.63) is 94.3 Å². The third-order valence-electron chi connectivity index (χ3n) is 9.49. The van der Waals surface area contributed by atoms with Crippen LogP contribution in [0.1, 0.15) is 89.4 Å². The van der Waals surface area contributed by atoms with E-state index in [1.54, 1.807) is 23.8 Å². The maximum absolute atomic E-state index is 12.8. The topological polar surface area (TPSA) is 184 Å². The van der Waals surface area contributed by atoms with Crippen LogP contribution >= 0.6 is 0 Å². The van der Waals surface area contributed by atoms with Gasteiger partial charge in [-0.25, -0.2) is 14.8 Å². The average Bonchev–Trinajstić information content (AvgIpc) is 4.06. The van der Waals surface area contributed by atoms with Crippen LogP contribution in [0.4, 0.5) is 39.4 Å². The number of carbonyl (C=O) groups excluding carboxylic acids is 3. The minimum atomic E-state index is -0.656. The van der Waals surface area contributed by atoms with E-state index >= 15 is 0 Å². The molecular weight excluding hydrogens is 875 g/mol. The van der Waals surface area contributed by atoms with Gasteiger partial charge in [-0.3, -0.25) is 14.5 Å². The van der Waals surface area contributed by atoms with Crippen LogP contribution in [0.3, 0.4) is 0 Å². The largest absolute Gasteiger partial charge is 1.00 e. The molecule has 6 aromatic rings. The monoisotopic (exact) mass is 927 g/mol. The highest BCUT2D eigenvalue weighted by Gasteiger charge is 2.29. The number of nitrogens with zero attached hydrogens (tertiary/aromatic N) is 7. The summed E-state index contributed by atoms with van der Waals surface area (Å²) in [4.78, 5) is 48.7. The first kappa shape index (κ1) is 43.6. The third-order valence-corrected chi connectivity index (χ3v) is 9.49. The number of fused-ring (bicyclic) bond motifs is 2. The Kier molecular flexibility index (Phi) is 12.9. The predicted octanol–water partition coefficient (Wildman–Crippen LogP) is 4.38. The Morgan fingerprint density at radius 3 is 1.55 bits per heavy atom. The first-order chi connectivity index (χ1) is 28.0. The van der Waals surface area contributed by atoms with Gasteiger partial charge in [0.1, 0.15) is 40.0 Å². The van der Waals surface area contributed by atoms with Crippen molar-refractivity contribution in [2.45, 2.75) is 91.8 Å². The average molecular weight is 928 g/mol. The van der Waals surface area contributed by atoms with Crippen LogP contribution in [-0.2, 0) is 4.74 Å². The summed E-state index contributed by atoms with van der Waals surface area (Å²) in [5, 5.41) is 24.4. The van der Waals surface area contributed by atoms with E-state index in [0.29, 0.717) is 39.9 Å². The summed E-state index contributed by atoms with van der Waals surface area (Å²) >= 11 is 0. The first-order valence-electron chi connectivity index (χ1n) is 19.8. The number of amides is 3. The second kappa shape index (κ2) is 17.7. The molecule has 4 aromatic heterocycles. The lowest BCUT2D eigenvalue weighted by Crippen LogP contribution is -3.00. The van der Waals surface area contributed by atoms with Crippen LogP contribution in [0.25, 0.3) is 11.3 Å². The molecule has 0 aliphatic heterocycles. The van der Waals surface area contributed by atoms with Crippen LogP contribution in [0.5, 0.6) is 0 Å². The number of hydrogen-bond acceptors (Lipinski definition) is 11. The lowest BCUT2D eigenvalue weighted by atomic mass is 10.1. The number of anilines is 6. The number of aromatic nitrogens is 6. The molecule has 4 heterocycles. The highest BCUT2D eigenvalue weighted by Crippen LogP contribution is 2.28. The molecule has 0 saturated heterocycles. The smallest absolute Gasteiger partial charge is 0.415 e. The van der Waals surface area contributed by atoms with Gasteiger partial charge < -0.3 is 55.3 Å². The zero-order chi connectivity index (χ0) is 42.2. The van der Waals surface area contributed by atoms with Crippen molar-refractivity contribution in [3.8, 4) is 0 Å². The fourth-order valence-electron chi connectivity index (χ4n) is 6.57. The number of carbonyl (C=O) groups is 3. The number of halogens is 1. The Morgan fingerprint density at radius 2 is 1.12 bits per heavy atom. The van der Waals surface area contributed by atoms with Crippen LogP contribution in [-0.4, -0.2) is 78.9 Å². The summed E-state index contributed by atoms with van der Waals surface area (Å²) in [5.74, 6) is 1.97. The van der Waals surface area contributed by atoms with Gasteiger partial charge in [0, 0.05) is 49.7 Å². The molecule has 316 valence electrons.